The molecule has 0 heterocycles. The second-order valence-electron chi connectivity index (χ2n) is 11.6. The van der Waals surface area contributed by atoms with Crippen LogP contribution in [0.25, 0.3) is 22.3 Å². The maximum atomic E-state index is 14.9. The van der Waals surface area contributed by atoms with Gasteiger partial charge in [0.15, 0.2) is 0 Å². The zero-order valence-electron chi connectivity index (χ0n) is 25.1. The van der Waals surface area contributed by atoms with Crippen molar-refractivity contribution in [1.29, 1.82) is 0 Å². The predicted octanol–water partition coefficient (Wildman–Crippen LogP) is 12.0. The molecule has 0 amide bonds. The fourth-order valence-electron chi connectivity index (χ4n) is 6.01. The Morgan fingerprint density at radius 1 is 0.562 bits per heavy atom. The van der Waals surface area contributed by atoms with E-state index in [2.05, 4.69) is 28.5 Å². The van der Waals surface area contributed by atoms with Crippen molar-refractivity contribution in [2.24, 2.45) is 5.92 Å². The second-order valence-corrected chi connectivity index (χ2v) is 11.6. The summed E-state index contributed by atoms with van der Waals surface area (Å²) in [6, 6.07) is 15.1. The van der Waals surface area contributed by atoms with Crippen LogP contribution in [0.15, 0.2) is 72.8 Å². The van der Waals surface area contributed by atoms with Gasteiger partial charge in [0.25, 0.3) is 0 Å². The highest BCUT2D eigenvalue weighted by molar-refractivity contribution is 5.71. The lowest BCUT2D eigenvalue weighted by Crippen LogP contribution is -2.30. The van der Waals surface area contributed by atoms with Gasteiger partial charge in [-0.25, -0.2) is 22.3 Å². The standard InChI is InChI=1S/C35H27F11O2/c1-2-19-3-5-20(6-4-19)21-7-9-22(10-8-21)23-11-13-24(14-12-23)25-15-27(36)31(28(37)16-25)33(40,41)47-26-17-29(38)32(30(39)18-26)34(42,43)48-35(44,45)46/h7-20H,2-6H2,1H3. The zero-order valence-corrected chi connectivity index (χ0v) is 25.1. The van der Waals surface area contributed by atoms with Crippen LogP contribution < -0.4 is 4.74 Å². The predicted molar refractivity (Wildman–Crippen MR) is 154 cm³/mol. The van der Waals surface area contributed by atoms with E-state index in [4.69, 9.17) is 0 Å². The molecule has 0 spiro atoms. The number of rotatable bonds is 9. The number of hydrogen-bond acceptors (Lipinski definition) is 2. The van der Waals surface area contributed by atoms with Crippen molar-refractivity contribution < 1.29 is 57.8 Å². The maximum absolute atomic E-state index is 14.9. The Balaban J connectivity index is 1.32. The number of ether oxygens (including phenoxy) is 2. The van der Waals surface area contributed by atoms with Crippen molar-refractivity contribution in [3.8, 4) is 28.0 Å². The lowest BCUT2D eigenvalue weighted by molar-refractivity contribution is -0.432. The molecule has 256 valence electrons. The fraction of sp³-hybridized carbons (Fsp3) is 0.314. The van der Waals surface area contributed by atoms with E-state index in [1.807, 2.05) is 12.1 Å². The number of hydrogen-bond donors (Lipinski definition) is 0. The molecule has 4 aromatic carbocycles. The summed E-state index contributed by atoms with van der Waals surface area (Å²) in [5.41, 5.74) is -1.44. The van der Waals surface area contributed by atoms with E-state index in [0.717, 1.165) is 29.9 Å². The average molecular weight is 689 g/mol. The third kappa shape index (κ3) is 7.77. The van der Waals surface area contributed by atoms with Crippen LogP contribution in [0.3, 0.4) is 0 Å². The van der Waals surface area contributed by atoms with Crippen molar-refractivity contribution >= 4 is 0 Å². The smallest absolute Gasteiger partial charge is 0.429 e. The molecule has 0 bridgehead atoms. The first kappa shape index (κ1) is 35.2. The normalized spacial score (nSPS) is 17.4. The molecule has 0 atom stereocenters. The highest BCUT2D eigenvalue weighted by Gasteiger charge is 2.50. The van der Waals surface area contributed by atoms with Gasteiger partial charge in [0.05, 0.1) is 0 Å². The molecule has 2 nitrogen and oxygen atoms in total. The molecule has 0 unspecified atom stereocenters. The van der Waals surface area contributed by atoms with Gasteiger partial charge in [0, 0.05) is 12.1 Å². The first-order chi connectivity index (χ1) is 22.5. The highest BCUT2D eigenvalue weighted by Crippen LogP contribution is 2.43. The van der Waals surface area contributed by atoms with Gasteiger partial charge >= 0.3 is 18.6 Å². The molecule has 5 rings (SSSR count). The summed E-state index contributed by atoms with van der Waals surface area (Å²) < 4.78 is 158. The summed E-state index contributed by atoms with van der Waals surface area (Å²) in [6.07, 6.45) is -10.7. The van der Waals surface area contributed by atoms with Crippen molar-refractivity contribution in [3.05, 3.63) is 113 Å². The molecule has 1 aliphatic carbocycles. The quantitative estimate of drug-likeness (QED) is 0.163. The van der Waals surface area contributed by atoms with Gasteiger partial charge in [-0.05, 0) is 77.5 Å². The number of alkyl halides is 7. The molecular formula is C35H27F11O2. The van der Waals surface area contributed by atoms with Crippen LogP contribution in [0, 0.1) is 29.2 Å². The van der Waals surface area contributed by atoms with Gasteiger partial charge in [-0.1, -0.05) is 61.9 Å². The highest BCUT2D eigenvalue weighted by atomic mass is 19.4. The van der Waals surface area contributed by atoms with Gasteiger partial charge in [0.1, 0.15) is 40.1 Å². The summed E-state index contributed by atoms with van der Waals surface area (Å²) in [4.78, 5) is 0. The summed E-state index contributed by atoms with van der Waals surface area (Å²) in [5, 5.41) is 0. The summed E-state index contributed by atoms with van der Waals surface area (Å²) >= 11 is 0. The Kier molecular flexibility index (Phi) is 9.83. The molecule has 0 saturated heterocycles. The van der Waals surface area contributed by atoms with E-state index in [-0.39, 0.29) is 23.3 Å². The van der Waals surface area contributed by atoms with Crippen LogP contribution in [0.5, 0.6) is 5.75 Å². The molecular weight excluding hydrogens is 661 g/mol. The largest absolute Gasteiger partial charge is 0.527 e. The minimum Gasteiger partial charge on any atom is -0.429 e. The molecule has 1 fully saturated rings. The lowest BCUT2D eigenvalue weighted by Gasteiger charge is -2.28. The monoisotopic (exact) mass is 688 g/mol. The summed E-state index contributed by atoms with van der Waals surface area (Å²) in [5.74, 6) is -8.81. The Labute approximate surface area is 268 Å². The molecule has 1 saturated carbocycles. The molecule has 1 aliphatic rings. The van der Waals surface area contributed by atoms with Gasteiger partial charge < -0.3 is 4.74 Å². The van der Waals surface area contributed by atoms with E-state index in [9.17, 15) is 48.3 Å². The average Bonchev–Trinajstić information content (AvgIpc) is 2.99. The SMILES string of the molecule is CCC1CCC(c2ccc(-c3ccc(-c4cc(F)c(C(F)(F)Oc5cc(F)c(C(F)(F)OC(F)(F)F)c(F)c5)c(F)c4)cc3)cc2)CC1. The fourth-order valence-corrected chi connectivity index (χ4v) is 6.01. The van der Waals surface area contributed by atoms with Crippen LogP contribution in [-0.4, -0.2) is 6.36 Å². The van der Waals surface area contributed by atoms with Gasteiger partial charge in [0.2, 0.25) is 0 Å². The summed E-state index contributed by atoms with van der Waals surface area (Å²) in [6.45, 7) is 2.21. The molecule has 0 N–H and O–H groups in total. The van der Waals surface area contributed by atoms with Crippen molar-refractivity contribution in [2.45, 2.75) is 63.5 Å². The Morgan fingerprint density at radius 3 is 1.44 bits per heavy atom. The topological polar surface area (TPSA) is 18.5 Å². The van der Waals surface area contributed by atoms with Gasteiger partial charge in [-0.2, -0.15) is 17.6 Å². The third-order valence-corrected chi connectivity index (χ3v) is 8.49. The van der Waals surface area contributed by atoms with Crippen molar-refractivity contribution in [3.63, 3.8) is 0 Å². The Morgan fingerprint density at radius 2 is 0.979 bits per heavy atom. The maximum Gasteiger partial charge on any atom is 0.527 e. The Bertz CT molecular complexity index is 1700. The van der Waals surface area contributed by atoms with Crippen LogP contribution in [0.1, 0.15) is 61.6 Å². The molecule has 48 heavy (non-hydrogen) atoms. The third-order valence-electron chi connectivity index (χ3n) is 8.49. The number of benzene rings is 4. The Hall–Kier alpha value is -4.13. The summed E-state index contributed by atoms with van der Waals surface area (Å²) in [7, 11) is 0. The molecule has 4 aromatic rings. The zero-order chi connectivity index (χ0) is 35.0. The first-order valence-corrected chi connectivity index (χ1v) is 14.9. The van der Waals surface area contributed by atoms with Gasteiger partial charge in [-0.3, -0.25) is 0 Å². The second kappa shape index (κ2) is 13.4. The van der Waals surface area contributed by atoms with Crippen LogP contribution in [-0.2, 0) is 17.0 Å². The number of halogens is 11. The lowest BCUT2D eigenvalue weighted by atomic mass is 9.77. The van der Waals surface area contributed by atoms with Crippen molar-refractivity contribution in [1.82, 2.24) is 0 Å². The van der Waals surface area contributed by atoms with Crippen LogP contribution >= 0.6 is 0 Å². The molecule has 0 radical (unpaired) electrons. The molecule has 13 heteroatoms. The van der Waals surface area contributed by atoms with E-state index in [1.54, 1.807) is 12.1 Å². The molecule has 0 aromatic heterocycles. The van der Waals surface area contributed by atoms with E-state index in [1.165, 1.54) is 37.0 Å². The van der Waals surface area contributed by atoms with E-state index in [0.29, 0.717) is 18.1 Å². The van der Waals surface area contributed by atoms with E-state index < -0.39 is 58.7 Å². The van der Waals surface area contributed by atoms with E-state index >= 15 is 0 Å². The van der Waals surface area contributed by atoms with Crippen LogP contribution in [0.2, 0.25) is 0 Å². The van der Waals surface area contributed by atoms with Crippen LogP contribution in [0.4, 0.5) is 48.3 Å². The molecule has 0 aliphatic heterocycles. The van der Waals surface area contributed by atoms with Gasteiger partial charge in [-0.15, -0.1) is 13.2 Å². The minimum atomic E-state index is -6.02. The first-order valence-electron chi connectivity index (χ1n) is 14.9. The minimum absolute atomic E-state index is 0.137. The van der Waals surface area contributed by atoms with Crippen molar-refractivity contribution in [2.75, 3.05) is 0 Å².